The van der Waals surface area contributed by atoms with E-state index in [0.717, 1.165) is 5.56 Å². The van der Waals surface area contributed by atoms with E-state index in [1.165, 1.54) is 9.80 Å². The summed E-state index contributed by atoms with van der Waals surface area (Å²) in [5.74, 6) is -1.10. The van der Waals surface area contributed by atoms with E-state index in [4.69, 9.17) is 23.2 Å². The van der Waals surface area contributed by atoms with Gasteiger partial charge in [-0.15, -0.1) is 0 Å². The van der Waals surface area contributed by atoms with Gasteiger partial charge in [0, 0.05) is 43.7 Å². The first-order chi connectivity index (χ1) is 9.81. The van der Waals surface area contributed by atoms with Crippen LogP contribution in [0.4, 0.5) is 10.1 Å². The topological polar surface area (TPSA) is 40.6 Å². The number of carbonyl (C=O) groups excluding carboxylic acids is 2. The zero-order valence-corrected chi connectivity index (χ0v) is 13.2. The zero-order valence-electron chi connectivity index (χ0n) is 11.6. The highest BCUT2D eigenvalue weighted by atomic mass is 35.5. The first-order valence-corrected chi connectivity index (χ1v) is 7.21. The molecule has 7 heteroatoms. The van der Waals surface area contributed by atoms with Crippen molar-refractivity contribution in [1.29, 1.82) is 0 Å². The first kappa shape index (κ1) is 16.0. The number of nitrogens with zero attached hydrogens (tertiary/aromatic N) is 2. The second-order valence-corrected chi connectivity index (χ2v) is 5.96. The Morgan fingerprint density at radius 1 is 1.48 bits per heavy atom. The Bertz CT molecular complexity index is 578. The smallest absolute Gasteiger partial charge is 0.277 e. The average molecular weight is 333 g/mol. The first-order valence-electron chi connectivity index (χ1n) is 6.40. The Kier molecular flexibility index (Phi) is 4.74. The molecule has 2 amide bonds. The van der Waals surface area contributed by atoms with E-state index in [9.17, 15) is 14.0 Å². The lowest BCUT2D eigenvalue weighted by molar-refractivity contribution is -0.129. The van der Waals surface area contributed by atoms with Gasteiger partial charge in [-0.2, -0.15) is 0 Å². The molecule has 0 aliphatic carbocycles. The van der Waals surface area contributed by atoms with Crippen molar-refractivity contribution >= 4 is 40.7 Å². The summed E-state index contributed by atoms with van der Waals surface area (Å²) in [4.78, 5) is 26.5. The van der Waals surface area contributed by atoms with Gasteiger partial charge in [0.1, 0.15) is 0 Å². The van der Waals surface area contributed by atoms with E-state index >= 15 is 0 Å². The summed E-state index contributed by atoms with van der Waals surface area (Å²) < 4.78 is 13.1. The molecule has 1 heterocycles. The number of fused-ring (bicyclic) bond motifs is 1. The normalized spacial score (nSPS) is 18.3. The predicted molar refractivity (Wildman–Crippen MR) is 80.6 cm³/mol. The highest BCUT2D eigenvalue weighted by molar-refractivity contribution is 6.32. The highest BCUT2D eigenvalue weighted by Crippen LogP contribution is 2.40. The maximum atomic E-state index is 13.1. The summed E-state index contributed by atoms with van der Waals surface area (Å²) in [6.45, 7) is 0.223. The van der Waals surface area contributed by atoms with Gasteiger partial charge in [0.2, 0.25) is 5.91 Å². The minimum absolute atomic E-state index is 0.0668. The molecular weight excluding hydrogens is 318 g/mol. The molecule has 4 nitrogen and oxygen atoms in total. The molecule has 21 heavy (non-hydrogen) atoms. The number of carbonyl (C=O) groups is 2. The Hall–Kier alpha value is -1.33. The standard InChI is InChI=1S/C14H15Cl2FN2O2/c1-18(2)12(20)5-8-7-19(14(21)13(16)17)11-4-3-9(15)6-10(8)11/h3-4,6,8,13H,5,7H2,1-2H3. The van der Waals surface area contributed by atoms with Crippen LogP contribution in [0.25, 0.3) is 0 Å². The molecule has 114 valence electrons. The van der Waals surface area contributed by atoms with Gasteiger partial charge >= 0.3 is 0 Å². The SMILES string of the molecule is CN(C)C(=O)CC1CN(C(=O)C(F)Cl)c2ccc(Cl)cc21. The van der Waals surface area contributed by atoms with Crippen LogP contribution in [0.15, 0.2) is 18.2 Å². The van der Waals surface area contributed by atoms with Crippen molar-refractivity contribution in [3.63, 3.8) is 0 Å². The van der Waals surface area contributed by atoms with Gasteiger partial charge in [-0.25, -0.2) is 4.39 Å². The molecule has 0 bridgehead atoms. The van der Waals surface area contributed by atoms with Gasteiger partial charge in [0.05, 0.1) is 0 Å². The molecule has 2 atom stereocenters. The lowest BCUT2D eigenvalue weighted by atomic mass is 9.97. The highest BCUT2D eigenvalue weighted by Gasteiger charge is 2.36. The molecule has 1 aliphatic heterocycles. The number of halogens is 3. The second-order valence-electron chi connectivity index (χ2n) is 5.14. The van der Waals surface area contributed by atoms with Gasteiger partial charge in [-0.3, -0.25) is 9.59 Å². The summed E-state index contributed by atoms with van der Waals surface area (Å²) in [5, 5.41) is 0.507. The van der Waals surface area contributed by atoms with Crippen molar-refractivity contribution in [2.75, 3.05) is 25.5 Å². The van der Waals surface area contributed by atoms with E-state index in [1.54, 1.807) is 32.3 Å². The number of benzene rings is 1. The predicted octanol–water partition coefficient (Wildman–Crippen LogP) is 2.78. The van der Waals surface area contributed by atoms with Crippen molar-refractivity contribution in [2.24, 2.45) is 0 Å². The minimum Gasteiger partial charge on any atom is -0.349 e. The van der Waals surface area contributed by atoms with Crippen LogP contribution in [0.3, 0.4) is 0 Å². The van der Waals surface area contributed by atoms with E-state index in [-0.39, 0.29) is 24.8 Å². The summed E-state index contributed by atoms with van der Waals surface area (Å²) >= 11 is 11.2. The molecule has 0 aromatic heterocycles. The van der Waals surface area contributed by atoms with Crippen molar-refractivity contribution in [3.8, 4) is 0 Å². The van der Waals surface area contributed by atoms with Crippen LogP contribution in [-0.4, -0.2) is 43.0 Å². The average Bonchev–Trinajstić information content (AvgIpc) is 2.75. The molecule has 1 aromatic carbocycles. The fourth-order valence-corrected chi connectivity index (χ4v) is 2.71. The van der Waals surface area contributed by atoms with E-state index < -0.39 is 11.5 Å². The molecule has 0 saturated heterocycles. The van der Waals surface area contributed by atoms with Crippen LogP contribution in [0.5, 0.6) is 0 Å². The molecule has 0 spiro atoms. The number of rotatable bonds is 3. The van der Waals surface area contributed by atoms with E-state index in [0.29, 0.717) is 10.7 Å². The van der Waals surface area contributed by atoms with Crippen LogP contribution < -0.4 is 4.90 Å². The summed E-state index contributed by atoms with van der Waals surface area (Å²) in [7, 11) is 3.32. The van der Waals surface area contributed by atoms with Crippen LogP contribution in [0.2, 0.25) is 5.02 Å². The van der Waals surface area contributed by atoms with Gasteiger partial charge < -0.3 is 9.80 Å². The monoisotopic (exact) mass is 332 g/mol. The van der Waals surface area contributed by atoms with Gasteiger partial charge in [0.15, 0.2) is 0 Å². The Morgan fingerprint density at radius 2 is 2.14 bits per heavy atom. The van der Waals surface area contributed by atoms with Crippen LogP contribution >= 0.6 is 23.2 Å². The van der Waals surface area contributed by atoms with Gasteiger partial charge in [-0.1, -0.05) is 23.2 Å². The minimum atomic E-state index is -2.10. The second kappa shape index (κ2) is 6.20. The van der Waals surface area contributed by atoms with E-state index in [1.807, 2.05) is 0 Å². The fourth-order valence-electron chi connectivity index (χ4n) is 2.41. The Morgan fingerprint density at radius 3 is 2.71 bits per heavy atom. The van der Waals surface area contributed by atoms with Crippen LogP contribution in [0.1, 0.15) is 17.9 Å². The fraction of sp³-hybridized carbons (Fsp3) is 0.429. The molecule has 0 N–H and O–H groups in total. The third-order valence-electron chi connectivity index (χ3n) is 3.50. The molecule has 0 saturated carbocycles. The molecule has 2 unspecified atom stereocenters. The number of anilines is 1. The van der Waals surface area contributed by atoms with E-state index in [2.05, 4.69) is 0 Å². The zero-order chi connectivity index (χ0) is 15.7. The Balaban J connectivity index is 2.33. The molecule has 2 rings (SSSR count). The number of hydrogen-bond donors (Lipinski definition) is 0. The summed E-state index contributed by atoms with van der Waals surface area (Å²) in [6.07, 6.45) is 0.226. The quantitative estimate of drug-likeness (QED) is 0.798. The third kappa shape index (κ3) is 3.30. The summed E-state index contributed by atoms with van der Waals surface area (Å²) in [5.41, 5.74) is -0.774. The van der Waals surface area contributed by atoms with Crippen molar-refractivity contribution in [3.05, 3.63) is 28.8 Å². The summed E-state index contributed by atoms with van der Waals surface area (Å²) in [6, 6.07) is 4.98. The third-order valence-corrected chi connectivity index (χ3v) is 3.92. The Labute approximate surface area is 132 Å². The lowest BCUT2D eigenvalue weighted by Gasteiger charge is -2.18. The van der Waals surface area contributed by atoms with Gasteiger partial charge in [-0.05, 0) is 23.8 Å². The van der Waals surface area contributed by atoms with Crippen molar-refractivity contribution in [1.82, 2.24) is 4.90 Å². The van der Waals surface area contributed by atoms with Crippen molar-refractivity contribution < 1.29 is 14.0 Å². The maximum absolute atomic E-state index is 13.1. The number of alkyl halides is 2. The number of hydrogen-bond acceptors (Lipinski definition) is 2. The molecule has 0 fully saturated rings. The van der Waals surface area contributed by atoms with Crippen LogP contribution in [-0.2, 0) is 9.59 Å². The maximum Gasteiger partial charge on any atom is 0.277 e. The lowest BCUT2D eigenvalue weighted by Crippen LogP contribution is -2.35. The van der Waals surface area contributed by atoms with Crippen molar-refractivity contribution in [2.45, 2.75) is 18.0 Å². The van der Waals surface area contributed by atoms with Gasteiger partial charge in [0.25, 0.3) is 11.5 Å². The van der Waals surface area contributed by atoms with Crippen LogP contribution in [0, 0.1) is 0 Å². The largest absolute Gasteiger partial charge is 0.349 e. The molecule has 0 radical (unpaired) electrons. The number of amides is 2. The molecule has 1 aliphatic rings. The molecule has 1 aromatic rings. The molecular formula is C14H15Cl2FN2O2.